The number of nitrogens with zero attached hydrogens (tertiary/aromatic N) is 2. The minimum absolute atomic E-state index is 0.287. The predicted octanol–water partition coefficient (Wildman–Crippen LogP) is 7.49. The van der Waals surface area contributed by atoms with Gasteiger partial charge in [0.2, 0.25) is 0 Å². The van der Waals surface area contributed by atoms with Crippen molar-refractivity contribution in [1.82, 2.24) is 20.3 Å². The lowest BCUT2D eigenvalue weighted by atomic mass is 9.98. The number of hydrogen-bond donors (Lipinski definition) is 3. The number of benzene rings is 1. The molecule has 0 bridgehead atoms. The molecule has 1 aliphatic carbocycles. The van der Waals surface area contributed by atoms with Gasteiger partial charge in [-0.05, 0) is 91.3 Å². The Morgan fingerprint density at radius 1 is 1.18 bits per heavy atom. The summed E-state index contributed by atoms with van der Waals surface area (Å²) in [4.78, 5) is 12.5. The lowest BCUT2D eigenvalue weighted by Crippen LogP contribution is -2.23. The average molecular weight is 538 g/mol. The van der Waals surface area contributed by atoms with E-state index in [0.29, 0.717) is 17.8 Å². The van der Waals surface area contributed by atoms with Crippen LogP contribution in [0.4, 0.5) is 4.39 Å². The van der Waals surface area contributed by atoms with Gasteiger partial charge in [-0.2, -0.15) is 0 Å². The maximum atomic E-state index is 13.9. The SMILES string of the molecule is C=C/C(=C\C(=C/C)C(=C)/C=C(Cc1nc2nccc(-c3cccc(F)c3)c2[nH]1)\C(N)=C/C)CNCC1CCCC1. The number of aromatic nitrogens is 3. The molecule has 5 nitrogen and oxygen atoms in total. The second-order valence-electron chi connectivity index (χ2n) is 10.3. The second-order valence-corrected chi connectivity index (χ2v) is 10.3. The highest BCUT2D eigenvalue weighted by Crippen LogP contribution is 2.28. The van der Waals surface area contributed by atoms with Crippen LogP contribution in [0, 0.1) is 11.7 Å². The van der Waals surface area contributed by atoms with Gasteiger partial charge in [-0.3, -0.25) is 0 Å². The van der Waals surface area contributed by atoms with Crippen LogP contribution in [0.1, 0.15) is 45.4 Å². The summed E-state index contributed by atoms with van der Waals surface area (Å²) in [5.74, 6) is 1.22. The van der Waals surface area contributed by atoms with E-state index in [-0.39, 0.29) is 5.82 Å². The molecule has 40 heavy (non-hydrogen) atoms. The van der Waals surface area contributed by atoms with Gasteiger partial charge in [0, 0.05) is 30.4 Å². The quantitative estimate of drug-likeness (QED) is 0.209. The summed E-state index contributed by atoms with van der Waals surface area (Å²) in [5.41, 5.74) is 13.9. The minimum Gasteiger partial charge on any atom is -0.399 e. The number of nitrogens with one attached hydrogen (secondary N) is 2. The molecular weight excluding hydrogens is 497 g/mol. The molecular formula is C34H40FN5. The molecule has 0 amide bonds. The van der Waals surface area contributed by atoms with E-state index in [1.807, 2.05) is 44.2 Å². The van der Waals surface area contributed by atoms with Gasteiger partial charge in [0.25, 0.3) is 0 Å². The van der Waals surface area contributed by atoms with Crippen molar-refractivity contribution in [1.29, 1.82) is 0 Å². The van der Waals surface area contributed by atoms with E-state index in [4.69, 9.17) is 10.7 Å². The first-order valence-electron chi connectivity index (χ1n) is 14.0. The Labute approximate surface area is 237 Å². The van der Waals surface area contributed by atoms with Crippen LogP contribution >= 0.6 is 0 Å². The third-order valence-corrected chi connectivity index (χ3v) is 7.49. The fourth-order valence-electron chi connectivity index (χ4n) is 5.21. The Balaban J connectivity index is 1.55. The molecule has 0 unspecified atom stereocenters. The number of nitrogens with two attached hydrogens (primary N) is 1. The largest absolute Gasteiger partial charge is 0.399 e. The molecule has 1 aliphatic rings. The summed E-state index contributed by atoms with van der Waals surface area (Å²) < 4.78 is 13.9. The van der Waals surface area contributed by atoms with E-state index in [9.17, 15) is 4.39 Å². The van der Waals surface area contributed by atoms with E-state index in [2.05, 4.69) is 40.6 Å². The van der Waals surface area contributed by atoms with Gasteiger partial charge in [0.05, 0.1) is 5.52 Å². The van der Waals surface area contributed by atoms with Crippen molar-refractivity contribution in [3.8, 4) is 11.1 Å². The topological polar surface area (TPSA) is 79.6 Å². The smallest absolute Gasteiger partial charge is 0.178 e. The van der Waals surface area contributed by atoms with Crippen LogP contribution < -0.4 is 11.1 Å². The summed E-state index contributed by atoms with van der Waals surface area (Å²) in [5, 5.41) is 3.60. The number of fused-ring (bicyclic) bond motifs is 1. The van der Waals surface area contributed by atoms with Gasteiger partial charge >= 0.3 is 0 Å². The molecule has 2 heterocycles. The maximum Gasteiger partial charge on any atom is 0.178 e. The Kier molecular flexibility index (Phi) is 10.0. The summed E-state index contributed by atoms with van der Waals surface area (Å²) in [7, 11) is 0. The zero-order valence-corrected chi connectivity index (χ0v) is 23.6. The molecule has 0 aliphatic heterocycles. The highest BCUT2D eigenvalue weighted by Gasteiger charge is 2.15. The maximum absolute atomic E-state index is 13.9. The van der Waals surface area contributed by atoms with Crippen LogP contribution in [0.2, 0.25) is 0 Å². The van der Waals surface area contributed by atoms with Gasteiger partial charge < -0.3 is 16.0 Å². The first-order valence-corrected chi connectivity index (χ1v) is 14.0. The van der Waals surface area contributed by atoms with Gasteiger partial charge in [0.15, 0.2) is 5.65 Å². The fourth-order valence-corrected chi connectivity index (χ4v) is 5.21. The summed E-state index contributed by atoms with van der Waals surface area (Å²) in [6.45, 7) is 14.1. The Morgan fingerprint density at radius 2 is 1.98 bits per heavy atom. The van der Waals surface area contributed by atoms with Crippen LogP contribution in [0.5, 0.6) is 0 Å². The van der Waals surface area contributed by atoms with Gasteiger partial charge in [0.1, 0.15) is 11.6 Å². The molecule has 1 aromatic carbocycles. The van der Waals surface area contributed by atoms with Crippen LogP contribution in [-0.2, 0) is 6.42 Å². The van der Waals surface area contributed by atoms with Crippen LogP contribution in [0.25, 0.3) is 22.3 Å². The van der Waals surface area contributed by atoms with Crippen LogP contribution in [-0.4, -0.2) is 28.0 Å². The third-order valence-electron chi connectivity index (χ3n) is 7.49. The average Bonchev–Trinajstić information content (AvgIpc) is 3.63. The Morgan fingerprint density at radius 3 is 2.67 bits per heavy atom. The molecule has 6 heteroatoms. The molecule has 0 spiro atoms. The van der Waals surface area contributed by atoms with Crippen molar-refractivity contribution in [2.24, 2.45) is 11.7 Å². The first-order chi connectivity index (χ1) is 19.4. The van der Waals surface area contributed by atoms with Gasteiger partial charge in [-0.15, -0.1) is 0 Å². The lowest BCUT2D eigenvalue weighted by Gasteiger charge is -2.12. The predicted molar refractivity (Wildman–Crippen MR) is 165 cm³/mol. The van der Waals surface area contributed by atoms with Crippen molar-refractivity contribution in [3.05, 3.63) is 120 Å². The Bertz CT molecular complexity index is 1480. The summed E-state index contributed by atoms with van der Waals surface area (Å²) in [6, 6.07) is 8.38. The normalized spacial score (nSPS) is 15.7. The highest BCUT2D eigenvalue weighted by molar-refractivity contribution is 5.89. The standard InChI is InChI=1S/C34H40FN5/c1-5-24(21-37-22-25-11-8-9-12-25)18-26(6-2)23(4)17-28(31(36)7-3)20-32-39-33-30(15-16-38-34(33)40-32)27-13-10-14-29(35)19-27/h5-7,10,13-19,25,37H,1,4,8-9,11-12,20-22,36H2,2-3H3,(H,38,39,40)/b24-18+,26-6+,28-17-,31-7+. The van der Waals surface area contributed by atoms with E-state index in [1.165, 1.54) is 37.8 Å². The number of allylic oxidation sites excluding steroid dienone is 7. The van der Waals surface area contributed by atoms with Crippen LogP contribution in [0.3, 0.4) is 0 Å². The lowest BCUT2D eigenvalue weighted by molar-refractivity contribution is 0.503. The summed E-state index contributed by atoms with van der Waals surface area (Å²) in [6.07, 6.45) is 17.5. The molecule has 1 fully saturated rings. The molecule has 0 radical (unpaired) electrons. The monoisotopic (exact) mass is 537 g/mol. The number of hydrogen-bond acceptors (Lipinski definition) is 4. The van der Waals surface area contributed by atoms with E-state index in [0.717, 1.165) is 63.8 Å². The molecule has 1 saturated carbocycles. The van der Waals surface area contributed by atoms with Crippen LogP contribution in [0.15, 0.2) is 108 Å². The molecule has 4 rings (SSSR count). The first kappa shape index (κ1) is 29.0. The zero-order valence-electron chi connectivity index (χ0n) is 23.6. The zero-order chi connectivity index (χ0) is 28.5. The van der Waals surface area contributed by atoms with Crippen molar-refractivity contribution in [2.45, 2.75) is 46.0 Å². The number of pyridine rings is 1. The fraction of sp³-hybridized carbons (Fsp3) is 0.294. The highest BCUT2D eigenvalue weighted by atomic mass is 19.1. The van der Waals surface area contributed by atoms with Crippen molar-refractivity contribution < 1.29 is 4.39 Å². The van der Waals surface area contributed by atoms with Crippen molar-refractivity contribution >= 4 is 11.2 Å². The minimum atomic E-state index is -0.287. The van der Waals surface area contributed by atoms with E-state index < -0.39 is 0 Å². The van der Waals surface area contributed by atoms with E-state index >= 15 is 0 Å². The summed E-state index contributed by atoms with van der Waals surface area (Å²) >= 11 is 0. The van der Waals surface area contributed by atoms with Crippen molar-refractivity contribution in [3.63, 3.8) is 0 Å². The molecule has 0 saturated heterocycles. The van der Waals surface area contributed by atoms with Gasteiger partial charge in [-0.25, -0.2) is 14.4 Å². The number of rotatable bonds is 12. The Hall–Kier alpha value is -4.03. The number of halogens is 1. The number of imidazole rings is 1. The second kappa shape index (κ2) is 13.9. The number of H-pyrrole nitrogens is 1. The van der Waals surface area contributed by atoms with Crippen molar-refractivity contribution in [2.75, 3.05) is 13.1 Å². The van der Waals surface area contributed by atoms with Gasteiger partial charge in [-0.1, -0.05) is 62.4 Å². The molecule has 2 aromatic heterocycles. The molecule has 4 N–H and O–H groups in total. The molecule has 208 valence electrons. The third kappa shape index (κ3) is 7.33. The molecule has 3 aromatic rings. The molecule has 0 atom stereocenters. The van der Waals surface area contributed by atoms with E-state index in [1.54, 1.807) is 12.3 Å². The number of aromatic amines is 1.